The second kappa shape index (κ2) is 21.6. The van der Waals surface area contributed by atoms with E-state index >= 15 is 8.78 Å². The number of anilines is 6. The Morgan fingerprint density at radius 2 is 1.27 bits per heavy atom. The van der Waals surface area contributed by atoms with Gasteiger partial charge in [0.1, 0.15) is 46.8 Å². The molecule has 4 aliphatic heterocycles. The number of likely N-dealkylation sites (N-methyl/N-ethyl adjacent to an activating group) is 2. The number of rotatable bonds is 11. The van der Waals surface area contributed by atoms with Crippen molar-refractivity contribution < 1.29 is 56.0 Å². The molecule has 0 radical (unpaired) electrons. The topological polar surface area (TPSA) is 261 Å². The number of nitrogens with zero attached hydrogens (tertiary/aromatic N) is 11. The molecule has 6 aromatic rings. The number of nitrogens with one attached hydrogen (secondary N) is 4. The van der Waals surface area contributed by atoms with Gasteiger partial charge in [-0.05, 0) is 79.7 Å². The number of amides is 6. The summed E-state index contributed by atoms with van der Waals surface area (Å²) in [5, 5.41) is 13.8. The smallest absolute Gasteiger partial charge is 0.325 e. The van der Waals surface area contributed by atoms with Crippen LogP contribution < -0.4 is 45.1 Å². The Bertz CT molecular complexity index is 3330. The number of carbonyl (C=O) groups is 4. The van der Waals surface area contributed by atoms with Crippen LogP contribution in [0.5, 0.6) is 11.8 Å². The molecule has 1 unspecified atom stereocenters. The standard InChI is InChI=1S/C53H59F2N15O9/c1-9-66-27-52(5,6)78-44-40(46(66)71)42(61-48(63-44)69-18-20-75-25-29(69)3)31-11-14-36(34(55)21-31)58-51(74)60-38-23-68(17-16-56-38)39-24-70(30(4)26-76-39)49-62-43(41-45(64-49)79-53(7,8)28-67(10-2)47(41)72)32-12-13-35(33(54)22-32)57-50(73)59-37-15-19-77-65-37/h11-17,19,21-23,29-30,39H,9-10,18,20,24-28H2,1-8H3,(H3-,56,57,58,59,60,61,62,63,64,65,71,72,73,74)/p+1/t29-,30-,39?/m0/s1. The van der Waals surface area contributed by atoms with Crippen LogP contribution in [-0.2, 0) is 9.47 Å². The molecule has 26 heteroatoms. The summed E-state index contributed by atoms with van der Waals surface area (Å²) in [4.78, 5) is 85.5. The third-order valence-electron chi connectivity index (χ3n) is 13.6. The van der Waals surface area contributed by atoms with Crippen molar-refractivity contribution in [1.29, 1.82) is 0 Å². The predicted molar refractivity (Wildman–Crippen MR) is 283 cm³/mol. The first-order valence-electron chi connectivity index (χ1n) is 25.8. The largest absolute Gasteiger partial charge is 0.469 e. The molecule has 414 valence electrons. The average Bonchev–Trinajstić information content (AvgIpc) is 4.05. The molecule has 79 heavy (non-hydrogen) atoms. The molecule has 10 rings (SSSR count). The first kappa shape index (κ1) is 53.7. The van der Waals surface area contributed by atoms with Crippen LogP contribution in [0, 0.1) is 11.6 Å². The summed E-state index contributed by atoms with van der Waals surface area (Å²) in [5.41, 5.74) is -1.09. The molecular formula is C53H60F2N15O9+. The maximum Gasteiger partial charge on any atom is 0.325 e. The second-order valence-electron chi connectivity index (χ2n) is 20.7. The zero-order valence-corrected chi connectivity index (χ0v) is 44.8. The fraction of sp³-hybridized carbons (Fsp3) is 0.415. The lowest BCUT2D eigenvalue weighted by molar-refractivity contribution is -0.761. The molecule has 24 nitrogen and oxygen atoms in total. The fourth-order valence-corrected chi connectivity index (χ4v) is 9.76. The molecule has 0 spiro atoms. The van der Waals surface area contributed by atoms with E-state index in [2.05, 4.69) is 31.4 Å². The quantitative estimate of drug-likeness (QED) is 0.0978. The SMILES string of the molecule is CCN1CC(C)(C)Oc2nc(N3CCOC[C@@H]3C)nc(-c3ccc(NC(=O)Nc4c[n+](C5CN(c6nc7c(c(-c8ccc(NC(=O)Nc9ccon9)c(F)c8)n6)C(=O)N(CC)CC(C)(C)O7)[C@@H](C)CO5)ccn4)c(F)c3)c2C1=O. The minimum Gasteiger partial charge on any atom is -0.469 e. The van der Waals surface area contributed by atoms with Gasteiger partial charge in [-0.3, -0.25) is 20.2 Å². The highest BCUT2D eigenvalue weighted by atomic mass is 19.1. The number of halogens is 2. The van der Waals surface area contributed by atoms with Crippen molar-refractivity contribution >= 4 is 58.8 Å². The van der Waals surface area contributed by atoms with Crippen LogP contribution in [0.3, 0.4) is 0 Å². The Morgan fingerprint density at radius 1 is 0.722 bits per heavy atom. The third-order valence-corrected chi connectivity index (χ3v) is 13.6. The van der Waals surface area contributed by atoms with Crippen LogP contribution in [0.25, 0.3) is 22.5 Å². The highest BCUT2D eigenvalue weighted by Crippen LogP contribution is 2.40. The third kappa shape index (κ3) is 11.4. The number of urea groups is 2. The fourth-order valence-electron chi connectivity index (χ4n) is 9.76. The first-order valence-corrected chi connectivity index (χ1v) is 25.8. The van der Waals surface area contributed by atoms with E-state index in [4.69, 9.17) is 43.4 Å². The molecule has 4 aromatic heterocycles. The molecule has 2 saturated heterocycles. The van der Waals surface area contributed by atoms with Gasteiger partial charge in [0, 0.05) is 36.8 Å². The Hall–Kier alpha value is -8.65. The molecule has 0 bridgehead atoms. The monoisotopic (exact) mass is 1090 g/mol. The van der Waals surface area contributed by atoms with E-state index in [9.17, 15) is 19.2 Å². The predicted octanol–water partition coefficient (Wildman–Crippen LogP) is 6.75. The van der Waals surface area contributed by atoms with E-state index in [1.165, 1.54) is 48.9 Å². The summed E-state index contributed by atoms with van der Waals surface area (Å²) in [6.45, 7) is 18.0. The van der Waals surface area contributed by atoms with Gasteiger partial charge in [-0.25, -0.2) is 33.3 Å². The molecular weight excluding hydrogens is 1030 g/mol. The van der Waals surface area contributed by atoms with E-state index in [0.717, 1.165) is 0 Å². The first-order chi connectivity index (χ1) is 37.8. The van der Waals surface area contributed by atoms with Crippen molar-refractivity contribution in [2.24, 2.45) is 0 Å². The lowest BCUT2D eigenvalue weighted by atomic mass is 10.0. The van der Waals surface area contributed by atoms with E-state index in [1.54, 1.807) is 32.8 Å². The molecule has 3 atom stereocenters. The normalized spacial score (nSPS) is 19.7. The Labute approximate surface area is 452 Å². The van der Waals surface area contributed by atoms with Gasteiger partial charge in [0.15, 0.2) is 17.8 Å². The van der Waals surface area contributed by atoms with E-state index < -0.39 is 47.0 Å². The highest BCUT2D eigenvalue weighted by molar-refractivity contribution is 6.04. The van der Waals surface area contributed by atoms with Crippen LogP contribution in [0.2, 0.25) is 0 Å². The number of fused-ring (bicyclic) bond motifs is 2. The van der Waals surface area contributed by atoms with Crippen molar-refractivity contribution in [3.05, 3.63) is 90.1 Å². The summed E-state index contributed by atoms with van der Waals surface area (Å²) in [6, 6.07) is 7.64. The van der Waals surface area contributed by atoms with Crippen LogP contribution in [-0.4, -0.2) is 146 Å². The number of carbonyl (C=O) groups excluding carboxylic acids is 4. The second-order valence-corrected chi connectivity index (χ2v) is 20.7. The Morgan fingerprint density at radius 3 is 1.78 bits per heavy atom. The summed E-state index contributed by atoms with van der Waals surface area (Å²) in [6.07, 6.45) is 5.21. The minimum absolute atomic E-state index is 0.00371. The van der Waals surface area contributed by atoms with Crippen molar-refractivity contribution in [3.8, 4) is 34.3 Å². The summed E-state index contributed by atoms with van der Waals surface area (Å²) in [5.74, 6) is -1.59. The number of morpholine rings is 2. The average molecular weight is 1090 g/mol. The Balaban J connectivity index is 0.890. The maximum atomic E-state index is 16.2. The molecule has 2 fully saturated rings. The van der Waals surface area contributed by atoms with Crippen LogP contribution in [0.15, 0.2) is 71.8 Å². The molecule has 0 saturated carbocycles. The summed E-state index contributed by atoms with van der Waals surface area (Å²) in [7, 11) is 0. The van der Waals surface area contributed by atoms with Gasteiger partial charge in [0.2, 0.25) is 29.9 Å². The highest BCUT2D eigenvalue weighted by Gasteiger charge is 2.41. The number of aromatic nitrogens is 7. The van der Waals surface area contributed by atoms with Gasteiger partial charge in [-0.15, -0.1) is 0 Å². The van der Waals surface area contributed by atoms with Gasteiger partial charge in [-0.2, -0.15) is 14.5 Å². The summed E-state index contributed by atoms with van der Waals surface area (Å²) < 4.78 is 63.5. The Kier molecular flexibility index (Phi) is 14.7. The van der Waals surface area contributed by atoms with Crippen LogP contribution in [0.4, 0.5) is 53.3 Å². The number of hydrogen-bond donors (Lipinski definition) is 4. The van der Waals surface area contributed by atoms with Gasteiger partial charge in [0.05, 0.1) is 74.0 Å². The van der Waals surface area contributed by atoms with E-state index in [1.807, 2.05) is 65.2 Å². The number of hydrogen-bond acceptors (Lipinski definition) is 17. The van der Waals surface area contributed by atoms with Crippen LogP contribution in [0.1, 0.15) is 82.3 Å². The lowest BCUT2D eigenvalue weighted by Gasteiger charge is -2.35. The summed E-state index contributed by atoms with van der Waals surface area (Å²) >= 11 is 0. The molecule has 8 heterocycles. The molecule has 6 amide bonds. The van der Waals surface area contributed by atoms with Gasteiger partial charge < -0.3 is 53.7 Å². The lowest BCUT2D eigenvalue weighted by Crippen LogP contribution is -2.55. The van der Waals surface area contributed by atoms with E-state index in [0.29, 0.717) is 38.8 Å². The van der Waals surface area contributed by atoms with Crippen molar-refractivity contribution in [1.82, 2.24) is 39.9 Å². The van der Waals surface area contributed by atoms with Crippen molar-refractivity contribution in [2.75, 3.05) is 90.2 Å². The van der Waals surface area contributed by atoms with Gasteiger partial charge in [-0.1, -0.05) is 17.3 Å². The number of benzene rings is 2. The maximum absolute atomic E-state index is 16.2. The number of ether oxygens (including phenoxy) is 4. The molecule has 0 aliphatic carbocycles. The van der Waals surface area contributed by atoms with Crippen LogP contribution >= 0.6 is 0 Å². The van der Waals surface area contributed by atoms with E-state index in [-0.39, 0.29) is 119 Å². The zero-order valence-electron chi connectivity index (χ0n) is 44.8. The minimum atomic E-state index is -0.886. The van der Waals surface area contributed by atoms with Crippen molar-refractivity contribution in [2.45, 2.75) is 84.9 Å². The molecule has 2 aromatic carbocycles. The molecule has 4 N–H and O–H groups in total. The van der Waals surface area contributed by atoms with Gasteiger partial charge >= 0.3 is 12.1 Å². The molecule has 4 aliphatic rings. The zero-order chi connectivity index (χ0) is 55.9. The van der Waals surface area contributed by atoms with Crippen molar-refractivity contribution in [3.63, 3.8) is 0 Å². The van der Waals surface area contributed by atoms with Gasteiger partial charge in [0.25, 0.3) is 18.0 Å².